The Kier molecular flexibility index (Phi) is 2.62. The summed E-state index contributed by atoms with van der Waals surface area (Å²) in [5.41, 5.74) is 2.32. The number of hydrogen-bond acceptors (Lipinski definition) is 2. The first-order valence-corrected chi connectivity index (χ1v) is 5.66. The predicted octanol–water partition coefficient (Wildman–Crippen LogP) is 3.40. The van der Waals surface area contributed by atoms with Crippen LogP contribution in [0.5, 0.6) is 0 Å². The minimum absolute atomic E-state index is 0.0569. The normalized spacial score (nSPS) is 22.4. The van der Waals surface area contributed by atoms with Crippen molar-refractivity contribution in [1.29, 1.82) is 0 Å². The molecule has 1 aliphatic rings. The van der Waals surface area contributed by atoms with Crippen LogP contribution in [0.25, 0.3) is 0 Å². The molecule has 0 aliphatic carbocycles. The van der Waals surface area contributed by atoms with Gasteiger partial charge in [0.05, 0.1) is 5.92 Å². The van der Waals surface area contributed by atoms with Crippen molar-refractivity contribution in [3.63, 3.8) is 0 Å². The van der Waals surface area contributed by atoms with Gasteiger partial charge in [0.15, 0.2) is 6.10 Å². The Hall–Kier alpha value is -2.09. The standard InChI is InChI=1S/C15H12NO/c1-3-7-12(8-4-1)14-11-16-17-15(14)13-9-5-2-6-10-13/h1-10,14-15H. The van der Waals surface area contributed by atoms with Crippen LogP contribution in [0.3, 0.4) is 0 Å². The molecule has 83 valence electrons. The van der Waals surface area contributed by atoms with Crippen molar-refractivity contribution in [3.8, 4) is 0 Å². The molecular formula is C15H12NO. The molecule has 2 aromatic carbocycles. The minimum Gasteiger partial charge on any atom is -0.386 e. The molecule has 17 heavy (non-hydrogen) atoms. The van der Waals surface area contributed by atoms with Gasteiger partial charge < -0.3 is 4.84 Å². The lowest BCUT2D eigenvalue weighted by Crippen LogP contribution is -2.08. The van der Waals surface area contributed by atoms with Crippen LogP contribution in [-0.4, -0.2) is 6.21 Å². The van der Waals surface area contributed by atoms with E-state index >= 15 is 0 Å². The number of rotatable bonds is 2. The molecule has 1 heterocycles. The Balaban J connectivity index is 1.93. The van der Waals surface area contributed by atoms with Crippen LogP contribution < -0.4 is 0 Å². The molecule has 0 saturated carbocycles. The summed E-state index contributed by atoms with van der Waals surface area (Å²) < 4.78 is 0. The van der Waals surface area contributed by atoms with Gasteiger partial charge in [-0.3, -0.25) is 0 Å². The maximum absolute atomic E-state index is 5.42. The molecule has 0 amide bonds. The van der Waals surface area contributed by atoms with Gasteiger partial charge in [0, 0.05) is 0 Å². The average Bonchev–Trinajstić information content (AvgIpc) is 2.90. The van der Waals surface area contributed by atoms with Crippen molar-refractivity contribution >= 4 is 6.21 Å². The van der Waals surface area contributed by atoms with E-state index in [9.17, 15) is 0 Å². The molecule has 3 rings (SSSR count). The van der Waals surface area contributed by atoms with Gasteiger partial charge in [-0.25, -0.2) is 0 Å². The van der Waals surface area contributed by atoms with Gasteiger partial charge in [0.25, 0.3) is 0 Å². The quantitative estimate of drug-likeness (QED) is 0.763. The molecule has 0 saturated heterocycles. The lowest BCUT2D eigenvalue weighted by Gasteiger charge is -2.16. The zero-order chi connectivity index (χ0) is 11.5. The lowest BCUT2D eigenvalue weighted by atomic mass is 9.91. The third kappa shape index (κ3) is 1.94. The van der Waals surface area contributed by atoms with E-state index in [2.05, 4.69) is 35.6 Å². The average molecular weight is 222 g/mol. The van der Waals surface area contributed by atoms with E-state index in [-0.39, 0.29) is 12.0 Å². The summed E-state index contributed by atoms with van der Waals surface area (Å²) in [5.74, 6) is 0.0820. The SMILES string of the molecule is [C]1=NOC(c2ccccc2)C1c1ccccc1. The summed E-state index contributed by atoms with van der Waals surface area (Å²) in [6.07, 6.45) is 2.97. The molecule has 0 fully saturated rings. The maximum Gasteiger partial charge on any atom is 0.165 e. The highest BCUT2D eigenvalue weighted by Gasteiger charge is 2.30. The first-order valence-electron chi connectivity index (χ1n) is 5.66. The summed E-state index contributed by atoms with van der Waals surface area (Å²) in [6, 6.07) is 20.4. The molecule has 2 unspecified atom stereocenters. The second-order valence-electron chi connectivity index (χ2n) is 4.05. The molecular weight excluding hydrogens is 210 g/mol. The molecule has 1 aliphatic heterocycles. The Labute approximate surface area is 101 Å². The number of nitrogens with zero attached hydrogens (tertiary/aromatic N) is 1. The summed E-state index contributed by atoms with van der Waals surface area (Å²) >= 11 is 0. The maximum atomic E-state index is 5.42. The van der Waals surface area contributed by atoms with E-state index in [4.69, 9.17) is 4.84 Å². The Morgan fingerprint density at radius 2 is 1.41 bits per heavy atom. The summed E-state index contributed by atoms with van der Waals surface area (Å²) in [7, 11) is 0. The van der Waals surface area contributed by atoms with Gasteiger partial charge in [0.2, 0.25) is 0 Å². The van der Waals surface area contributed by atoms with E-state index in [1.165, 1.54) is 5.56 Å². The minimum atomic E-state index is -0.0569. The van der Waals surface area contributed by atoms with Crippen molar-refractivity contribution in [2.75, 3.05) is 0 Å². The number of hydrogen-bond donors (Lipinski definition) is 0. The molecule has 0 aromatic heterocycles. The number of benzene rings is 2. The summed E-state index contributed by atoms with van der Waals surface area (Å²) in [5, 5.41) is 3.85. The first kappa shape index (κ1) is 10.1. The molecule has 2 heteroatoms. The van der Waals surface area contributed by atoms with Crippen LogP contribution in [-0.2, 0) is 4.84 Å². The van der Waals surface area contributed by atoms with Crippen molar-refractivity contribution in [1.82, 2.24) is 0 Å². The first-order chi connectivity index (χ1) is 8.45. The Morgan fingerprint density at radius 1 is 0.824 bits per heavy atom. The molecule has 1 radical (unpaired) electrons. The fraction of sp³-hybridized carbons (Fsp3) is 0.133. The van der Waals surface area contributed by atoms with Gasteiger partial charge in [-0.15, -0.1) is 0 Å². The van der Waals surface area contributed by atoms with Gasteiger partial charge in [-0.2, -0.15) is 0 Å². The van der Waals surface area contributed by atoms with Gasteiger partial charge >= 0.3 is 0 Å². The van der Waals surface area contributed by atoms with Crippen LogP contribution >= 0.6 is 0 Å². The lowest BCUT2D eigenvalue weighted by molar-refractivity contribution is 0.0763. The van der Waals surface area contributed by atoms with Crippen LogP contribution in [0.15, 0.2) is 65.8 Å². The Morgan fingerprint density at radius 3 is 2.06 bits per heavy atom. The third-order valence-corrected chi connectivity index (χ3v) is 2.95. The van der Waals surface area contributed by atoms with Gasteiger partial charge in [0.1, 0.15) is 6.21 Å². The highest BCUT2D eigenvalue weighted by atomic mass is 16.6. The van der Waals surface area contributed by atoms with Crippen molar-refractivity contribution in [2.24, 2.45) is 5.16 Å². The smallest absolute Gasteiger partial charge is 0.165 e. The monoisotopic (exact) mass is 222 g/mol. The summed E-state index contributed by atoms with van der Waals surface area (Å²) in [6.45, 7) is 0. The van der Waals surface area contributed by atoms with Crippen LogP contribution in [0, 0.1) is 0 Å². The molecule has 2 nitrogen and oxygen atoms in total. The van der Waals surface area contributed by atoms with Crippen molar-refractivity contribution in [3.05, 3.63) is 71.8 Å². The predicted molar refractivity (Wildman–Crippen MR) is 66.9 cm³/mol. The van der Waals surface area contributed by atoms with E-state index in [0.29, 0.717) is 0 Å². The topological polar surface area (TPSA) is 21.6 Å². The Bertz CT molecular complexity index is 507. The van der Waals surface area contributed by atoms with E-state index in [1.54, 1.807) is 0 Å². The molecule has 2 aromatic rings. The second-order valence-corrected chi connectivity index (χ2v) is 4.05. The molecule has 0 spiro atoms. The second kappa shape index (κ2) is 4.42. The van der Waals surface area contributed by atoms with Crippen molar-refractivity contribution < 1.29 is 4.84 Å². The third-order valence-electron chi connectivity index (χ3n) is 2.95. The van der Waals surface area contributed by atoms with E-state index in [1.807, 2.05) is 36.4 Å². The van der Waals surface area contributed by atoms with Crippen molar-refractivity contribution in [2.45, 2.75) is 12.0 Å². The zero-order valence-corrected chi connectivity index (χ0v) is 9.28. The fourth-order valence-electron chi connectivity index (χ4n) is 2.08. The van der Waals surface area contributed by atoms with Crippen LogP contribution in [0.4, 0.5) is 0 Å². The van der Waals surface area contributed by atoms with Gasteiger partial charge in [-0.05, 0) is 11.1 Å². The fourth-order valence-corrected chi connectivity index (χ4v) is 2.08. The molecule has 2 atom stereocenters. The van der Waals surface area contributed by atoms with Crippen LogP contribution in [0.1, 0.15) is 23.1 Å². The highest BCUT2D eigenvalue weighted by molar-refractivity contribution is 5.70. The summed E-state index contributed by atoms with van der Waals surface area (Å²) in [4.78, 5) is 5.42. The highest BCUT2D eigenvalue weighted by Crippen LogP contribution is 2.36. The largest absolute Gasteiger partial charge is 0.386 e. The van der Waals surface area contributed by atoms with Crippen LogP contribution in [0.2, 0.25) is 0 Å². The molecule has 0 N–H and O–H groups in total. The van der Waals surface area contributed by atoms with Gasteiger partial charge in [-0.1, -0.05) is 65.8 Å². The zero-order valence-electron chi connectivity index (χ0n) is 9.28. The van der Waals surface area contributed by atoms with E-state index in [0.717, 1.165) is 5.56 Å². The molecule has 0 bridgehead atoms. The van der Waals surface area contributed by atoms with E-state index < -0.39 is 0 Å².